The van der Waals surface area contributed by atoms with Crippen LogP contribution in [0.5, 0.6) is 0 Å². The van der Waals surface area contributed by atoms with Gasteiger partial charge in [0.2, 0.25) is 0 Å². The van der Waals surface area contributed by atoms with Crippen molar-refractivity contribution in [1.29, 1.82) is 0 Å². The van der Waals surface area contributed by atoms with Crippen molar-refractivity contribution in [2.75, 3.05) is 0 Å². The van der Waals surface area contributed by atoms with Gasteiger partial charge < -0.3 is 0 Å². The van der Waals surface area contributed by atoms with Crippen LogP contribution < -0.4 is 0 Å². The van der Waals surface area contributed by atoms with Crippen LogP contribution in [-0.4, -0.2) is 62.9 Å². The maximum atomic E-state index is 13.2. The van der Waals surface area contributed by atoms with Crippen molar-refractivity contribution in [2.24, 2.45) is 5.92 Å². The summed E-state index contributed by atoms with van der Waals surface area (Å²) >= 11 is -1.95. The van der Waals surface area contributed by atoms with Crippen molar-refractivity contribution in [2.45, 2.75) is 129 Å². The molecule has 6 nitrogen and oxygen atoms in total. The van der Waals surface area contributed by atoms with Crippen molar-refractivity contribution in [3.05, 3.63) is 50.2 Å². The molecule has 2 fully saturated rings. The number of ether oxygens (including phenoxy) is 2. The van der Waals surface area contributed by atoms with Gasteiger partial charge in [-0.2, -0.15) is 0 Å². The van der Waals surface area contributed by atoms with E-state index >= 15 is 0 Å². The number of ketones is 1. The van der Waals surface area contributed by atoms with E-state index in [1.54, 1.807) is 19.9 Å². The van der Waals surface area contributed by atoms with Crippen LogP contribution in [0.1, 0.15) is 90.8 Å². The number of aliphatic hydroxyl groups is 2. The molecule has 2 aromatic rings. The molecule has 2 aliphatic carbocycles. The molecule has 8 rings (SSSR count). The number of halogens is 1. The van der Waals surface area contributed by atoms with E-state index in [4.69, 9.17) is 9.47 Å². The summed E-state index contributed by atoms with van der Waals surface area (Å²) in [6.07, 6.45) is 8.21. The zero-order valence-electron chi connectivity index (χ0n) is 25.9. The SMILES string of the molecule is CC1(C)C=C2c3cc4[nH]c5c(c4cc3CC2C(C)(C)O1)C[C@@H]1CCC2(O)C3=CC(=O)[C@@H](C(C)(C)O)OC3CC[C@]2(C)I51. The van der Waals surface area contributed by atoms with Crippen LogP contribution in [0.2, 0.25) is 0 Å². The predicted molar refractivity (Wildman–Crippen MR) is 173 cm³/mol. The second-order valence-electron chi connectivity index (χ2n) is 15.5. The van der Waals surface area contributed by atoms with Gasteiger partial charge in [-0.05, 0) is 0 Å². The molecule has 4 aliphatic heterocycles. The minimum absolute atomic E-state index is 0.214. The summed E-state index contributed by atoms with van der Waals surface area (Å²) in [6, 6.07) is 4.87. The molecule has 226 valence electrons. The number of aromatic nitrogens is 1. The Hall–Kier alpha value is -1.52. The Morgan fingerprint density at radius 2 is 1.83 bits per heavy atom. The molecule has 1 aromatic carbocycles. The van der Waals surface area contributed by atoms with Crippen LogP contribution in [0.15, 0.2) is 29.9 Å². The van der Waals surface area contributed by atoms with Crippen LogP contribution in [0.4, 0.5) is 0 Å². The first-order chi connectivity index (χ1) is 19.5. The number of H-pyrrole nitrogens is 1. The molecular weight excluding hydrogens is 641 g/mol. The fourth-order valence-corrected chi connectivity index (χ4v) is 19.6. The third-order valence-corrected chi connectivity index (χ3v) is 20.2. The summed E-state index contributed by atoms with van der Waals surface area (Å²) in [4.78, 5) is 17.1. The van der Waals surface area contributed by atoms with Crippen molar-refractivity contribution in [3.8, 4) is 0 Å². The molecule has 3 N–H and O–H groups in total. The topological polar surface area (TPSA) is 91.8 Å². The van der Waals surface area contributed by atoms with E-state index in [2.05, 4.69) is 57.8 Å². The molecule has 3 unspecified atom stereocenters. The number of fused-ring (bicyclic) bond motifs is 12. The molecule has 0 spiro atoms. The third kappa shape index (κ3) is 3.60. The minimum atomic E-state index is -1.95. The number of aromatic amines is 1. The quantitative estimate of drug-likeness (QED) is 0.252. The van der Waals surface area contributed by atoms with E-state index in [9.17, 15) is 15.0 Å². The van der Waals surface area contributed by atoms with Crippen LogP contribution in [0, 0.1) is 9.62 Å². The van der Waals surface area contributed by atoms with E-state index in [1.165, 1.54) is 36.9 Å². The van der Waals surface area contributed by atoms with E-state index in [0.717, 1.165) is 37.7 Å². The summed E-state index contributed by atoms with van der Waals surface area (Å²) in [6.45, 7) is 14.4. The Morgan fingerprint density at radius 3 is 2.57 bits per heavy atom. The van der Waals surface area contributed by atoms with Crippen LogP contribution in [0.3, 0.4) is 0 Å². The van der Waals surface area contributed by atoms with Crippen LogP contribution in [0.25, 0.3) is 16.5 Å². The summed E-state index contributed by atoms with van der Waals surface area (Å²) in [5.74, 6) is 0.142. The van der Waals surface area contributed by atoms with Gasteiger partial charge in [0, 0.05) is 0 Å². The van der Waals surface area contributed by atoms with Crippen molar-refractivity contribution >= 4 is 42.1 Å². The van der Waals surface area contributed by atoms with Gasteiger partial charge in [0.25, 0.3) is 0 Å². The summed E-state index contributed by atoms with van der Waals surface area (Å²) < 4.78 is 14.6. The van der Waals surface area contributed by atoms with E-state index in [1.807, 2.05) is 0 Å². The first kappa shape index (κ1) is 28.0. The Balaban J connectivity index is 1.20. The summed E-state index contributed by atoms with van der Waals surface area (Å²) in [5.41, 5.74) is 4.90. The fraction of sp³-hybridized carbons (Fsp3) is 0.629. The second-order valence-corrected chi connectivity index (χ2v) is 22.6. The van der Waals surface area contributed by atoms with Gasteiger partial charge >= 0.3 is 257 Å². The van der Waals surface area contributed by atoms with Gasteiger partial charge in [0.15, 0.2) is 0 Å². The molecule has 6 atom stereocenters. The first-order valence-electron chi connectivity index (χ1n) is 15.7. The van der Waals surface area contributed by atoms with Gasteiger partial charge in [-0.15, -0.1) is 0 Å². The summed E-state index contributed by atoms with van der Waals surface area (Å²) in [7, 11) is 0. The monoisotopic (exact) mass is 685 g/mol. The molecule has 42 heavy (non-hydrogen) atoms. The number of hydrogen-bond acceptors (Lipinski definition) is 5. The number of benzene rings is 1. The molecule has 7 heteroatoms. The van der Waals surface area contributed by atoms with E-state index in [0.29, 0.717) is 16.3 Å². The Labute approximate surface area is 255 Å². The summed E-state index contributed by atoms with van der Waals surface area (Å²) in [5, 5.41) is 24.6. The Bertz CT molecular complexity index is 1620. The predicted octanol–water partition coefficient (Wildman–Crippen LogP) is 6.02. The number of nitrogens with one attached hydrogen (secondary N) is 1. The van der Waals surface area contributed by atoms with E-state index < -0.39 is 37.1 Å². The van der Waals surface area contributed by atoms with E-state index in [-0.39, 0.29) is 26.5 Å². The molecule has 0 radical (unpaired) electrons. The van der Waals surface area contributed by atoms with Gasteiger partial charge in [0.1, 0.15) is 0 Å². The number of carbonyl (C=O) groups is 1. The standard InChI is InChI=1S/C35H44INO5/c1-31(2)17-23-20-15-26-21(12-18(20)13-24(23)33(5,6)42-31)22-14-19-8-11-35(40)25-16-27(38)29(32(3,4)39)41-28(25)9-10-34(35,7)36(19)30(22)37-26/h12,15-17,19,24,28-29,37,39-40H,8-11,13-14H2,1-7H3/t19-,24?,28?,29-,34-,35?/m0/s1. The zero-order valence-corrected chi connectivity index (χ0v) is 28.0. The van der Waals surface area contributed by atoms with Crippen molar-refractivity contribution in [1.82, 2.24) is 4.98 Å². The molecule has 1 saturated carbocycles. The van der Waals surface area contributed by atoms with Crippen LogP contribution in [-0.2, 0) is 27.1 Å². The van der Waals surface area contributed by atoms with Gasteiger partial charge in [-0.1, -0.05) is 0 Å². The van der Waals surface area contributed by atoms with Crippen molar-refractivity contribution in [3.63, 3.8) is 0 Å². The molecule has 0 bridgehead atoms. The van der Waals surface area contributed by atoms with Crippen LogP contribution >= 0.6 is 19.8 Å². The molecular formula is C35H44INO5. The first-order valence-corrected chi connectivity index (χ1v) is 19.1. The van der Waals surface area contributed by atoms with Gasteiger partial charge in [-0.25, -0.2) is 0 Å². The second kappa shape index (κ2) is 8.39. The molecule has 0 amide bonds. The Kier molecular flexibility index (Phi) is 5.59. The number of alkyl halides is 2. The van der Waals surface area contributed by atoms with Gasteiger partial charge in [-0.3, -0.25) is 0 Å². The van der Waals surface area contributed by atoms with Crippen molar-refractivity contribution < 1.29 is 24.5 Å². The van der Waals surface area contributed by atoms with Gasteiger partial charge in [0.05, 0.1) is 0 Å². The average Bonchev–Trinajstić information content (AvgIpc) is 3.52. The number of carbonyl (C=O) groups excluding carboxylic acids is 1. The number of rotatable bonds is 1. The third-order valence-electron chi connectivity index (χ3n) is 11.3. The molecule has 6 aliphatic rings. The Morgan fingerprint density at radius 1 is 1.07 bits per heavy atom. The molecule has 1 aromatic heterocycles. The molecule has 5 heterocycles. The zero-order chi connectivity index (χ0) is 29.8. The average molecular weight is 686 g/mol. The number of hydrogen-bond donors (Lipinski definition) is 3. The maximum absolute atomic E-state index is 13.2. The molecule has 1 saturated heterocycles. The fourth-order valence-electron chi connectivity index (χ4n) is 9.50. The normalized spacial score (nSPS) is 38.6.